The van der Waals surface area contributed by atoms with E-state index in [0.29, 0.717) is 5.69 Å². The van der Waals surface area contributed by atoms with Crippen molar-refractivity contribution in [1.82, 2.24) is 9.88 Å². The van der Waals surface area contributed by atoms with Crippen LogP contribution in [0.4, 0.5) is 0 Å². The lowest BCUT2D eigenvalue weighted by Crippen LogP contribution is -2.42. The monoisotopic (exact) mass is 254 g/mol. The second-order valence-electron chi connectivity index (χ2n) is 4.14. The minimum absolute atomic E-state index is 0.0558. The van der Waals surface area contributed by atoms with E-state index in [9.17, 15) is 9.59 Å². The van der Waals surface area contributed by atoms with Crippen molar-refractivity contribution >= 4 is 23.2 Å². The van der Waals surface area contributed by atoms with E-state index in [1.165, 1.54) is 16.2 Å². The maximum absolute atomic E-state index is 12.1. The maximum Gasteiger partial charge on any atom is 0.323 e. The van der Waals surface area contributed by atoms with Crippen LogP contribution in [0.5, 0.6) is 0 Å². The average molecular weight is 254 g/mol. The summed E-state index contributed by atoms with van der Waals surface area (Å²) in [4.78, 5) is 28.4. The van der Waals surface area contributed by atoms with Crippen molar-refractivity contribution in [3.05, 3.63) is 16.6 Å². The minimum atomic E-state index is -0.972. The average Bonchev–Trinajstić information content (AvgIpc) is 2.96. The number of nitrogens with zero attached hydrogens (tertiary/aromatic N) is 2. The van der Waals surface area contributed by atoms with Crippen LogP contribution in [0.1, 0.15) is 36.2 Å². The van der Waals surface area contributed by atoms with E-state index >= 15 is 0 Å². The highest BCUT2D eigenvalue weighted by molar-refractivity contribution is 7.07. The van der Waals surface area contributed by atoms with Crippen LogP contribution in [-0.2, 0) is 4.79 Å². The molecule has 1 fully saturated rings. The van der Waals surface area contributed by atoms with Crippen molar-refractivity contribution in [1.29, 1.82) is 0 Å². The predicted octanol–water partition coefficient (Wildman–Crippen LogP) is 1.61. The highest BCUT2D eigenvalue weighted by atomic mass is 32.1. The number of carbonyl (C=O) groups is 2. The molecule has 1 aromatic rings. The van der Waals surface area contributed by atoms with Crippen LogP contribution < -0.4 is 0 Å². The standard InChI is InChI=1S/C11H14N2O3S/c14-10(15)5-13(8-3-1-2-4-8)11(16)9-6-17-7-12-9/h6-8H,1-5H2,(H,14,15). The molecule has 0 aromatic carbocycles. The lowest BCUT2D eigenvalue weighted by Gasteiger charge is -2.26. The Hall–Kier alpha value is -1.43. The van der Waals surface area contributed by atoms with Crippen LogP contribution in [0.2, 0.25) is 0 Å². The summed E-state index contributed by atoms with van der Waals surface area (Å²) >= 11 is 1.34. The van der Waals surface area contributed by atoms with Gasteiger partial charge >= 0.3 is 5.97 Å². The van der Waals surface area contributed by atoms with Gasteiger partial charge < -0.3 is 10.0 Å². The molecule has 1 amide bonds. The molecule has 0 aliphatic heterocycles. The number of thiazole rings is 1. The minimum Gasteiger partial charge on any atom is -0.480 e. The Morgan fingerprint density at radius 1 is 1.47 bits per heavy atom. The first kappa shape index (κ1) is 12.0. The molecule has 0 unspecified atom stereocenters. The number of carboxylic acid groups (broad SMARTS) is 1. The van der Waals surface area contributed by atoms with Gasteiger partial charge in [0.25, 0.3) is 5.91 Å². The number of amides is 1. The zero-order valence-corrected chi connectivity index (χ0v) is 10.2. The molecule has 1 heterocycles. The maximum atomic E-state index is 12.1. The number of aromatic nitrogens is 1. The fourth-order valence-corrected chi connectivity index (χ4v) is 2.72. The summed E-state index contributed by atoms with van der Waals surface area (Å²) in [7, 11) is 0. The van der Waals surface area contributed by atoms with Gasteiger partial charge in [-0.3, -0.25) is 9.59 Å². The molecular formula is C11H14N2O3S. The van der Waals surface area contributed by atoms with E-state index < -0.39 is 5.97 Å². The lowest BCUT2D eigenvalue weighted by molar-refractivity contribution is -0.138. The third kappa shape index (κ3) is 2.82. The van der Waals surface area contributed by atoms with Gasteiger partial charge in [0.15, 0.2) is 0 Å². The van der Waals surface area contributed by atoms with Gasteiger partial charge in [-0.2, -0.15) is 0 Å². The normalized spacial score (nSPS) is 16.0. The number of hydrogen-bond donors (Lipinski definition) is 1. The van der Waals surface area contributed by atoms with Crippen molar-refractivity contribution < 1.29 is 14.7 Å². The number of rotatable bonds is 4. The molecule has 0 saturated heterocycles. The fraction of sp³-hybridized carbons (Fsp3) is 0.545. The molecule has 2 rings (SSSR count). The Morgan fingerprint density at radius 3 is 2.71 bits per heavy atom. The third-order valence-corrected chi connectivity index (χ3v) is 3.57. The summed E-state index contributed by atoms with van der Waals surface area (Å²) in [6.45, 7) is -0.235. The highest BCUT2D eigenvalue weighted by Crippen LogP contribution is 2.24. The topological polar surface area (TPSA) is 70.5 Å². The van der Waals surface area contributed by atoms with Gasteiger partial charge in [0.2, 0.25) is 0 Å². The van der Waals surface area contributed by atoms with Gasteiger partial charge in [0, 0.05) is 11.4 Å². The molecule has 6 heteroatoms. The fourth-order valence-electron chi connectivity index (χ4n) is 2.19. The Kier molecular flexibility index (Phi) is 3.73. The smallest absolute Gasteiger partial charge is 0.323 e. The van der Waals surface area contributed by atoms with Crippen LogP contribution in [0.3, 0.4) is 0 Å². The van der Waals surface area contributed by atoms with Crippen LogP contribution in [-0.4, -0.2) is 39.5 Å². The molecule has 0 bridgehead atoms. The molecule has 1 saturated carbocycles. The predicted molar refractivity (Wildman–Crippen MR) is 63.0 cm³/mol. The van der Waals surface area contributed by atoms with E-state index in [1.807, 2.05) is 0 Å². The summed E-state index contributed by atoms with van der Waals surface area (Å²) in [5.41, 5.74) is 1.93. The Balaban J connectivity index is 2.14. The summed E-state index contributed by atoms with van der Waals surface area (Å²) in [6, 6.07) is 0.0558. The molecule has 0 radical (unpaired) electrons. The van der Waals surface area contributed by atoms with Crippen molar-refractivity contribution in [2.24, 2.45) is 0 Å². The molecule has 1 N–H and O–H groups in total. The summed E-state index contributed by atoms with van der Waals surface area (Å²) in [6.07, 6.45) is 3.91. The molecule has 92 valence electrons. The zero-order chi connectivity index (χ0) is 12.3. The van der Waals surface area contributed by atoms with Crippen molar-refractivity contribution in [2.45, 2.75) is 31.7 Å². The van der Waals surface area contributed by atoms with Crippen LogP contribution in [0.15, 0.2) is 10.9 Å². The summed E-state index contributed by atoms with van der Waals surface area (Å²) < 4.78 is 0. The van der Waals surface area contributed by atoms with Crippen molar-refractivity contribution in [3.8, 4) is 0 Å². The Morgan fingerprint density at radius 2 is 2.18 bits per heavy atom. The molecule has 0 spiro atoms. The van der Waals surface area contributed by atoms with E-state index in [0.717, 1.165) is 25.7 Å². The van der Waals surface area contributed by atoms with E-state index in [-0.39, 0.29) is 18.5 Å². The van der Waals surface area contributed by atoms with Crippen LogP contribution in [0, 0.1) is 0 Å². The van der Waals surface area contributed by atoms with Gasteiger partial charge in [-0.25, -0.2) is 4.98 Å². The Bertz CT molecular complexity index is 399. The zero-order valence-electron chi connectivity index (χ0n) is 9.33. The molecule has 17 heavy (non-hydrogen) atoms. The largest absolute Gasteiger partial charge is 0.480 e. The van der Waals surface area contributed by atoms with E-state index in [2.05, 4.69) is 4.98 Å². The van der Waals surface area contributed by atoms with Crippen molar-refractivity contribution in [2.75, 3.05) is 6.54 Å². The molecule has 5 nitrogen and oxygen atoms in total. The molecular weight excluding hydrogens is 240 g/mol. The molecule has 1 aliphatic carbocycles. The molecule has 1 aromatic heterocycles. The van der Waals surface area contributed by atoms with Crippen LogP contribution >= 0.6 is 11.3 Å². The first-order valence-electron chi connectivity index (χ1n) is 5.59. The quantitative estimate of drug-likeness (QED) is 0.886. The van der Waals surface area contributed by atoms with Gasteiger partial charge in [0.1, 0.15) is 12.2 Å². The Labute approximate surface area is 103 Å². The number of carbonyl (C=O) groups excluding carboxylic acids is 1. The van der Waals surface area contributed by atoms with E-state index in [1.54, 1.807) is 10.9 Å². The van der Waals surface area contributed by atoms with Crippen LogP contribution in [0.25, 0.3) is 0 Å². The first-order chi connectivity index (χ1) is 8.18. The SMILES string of the molecule is O=C(O)CN(C(=O)c1cscn1)C1CCCC1. The van der Waals surface area contributed by atoms with Gasteiger partial charge in [0.05, 0.1) is 5.51 Å². The first-order valence-corrected chi connectivity index (χ1v) is 6.53. The second kappa shape index (κ2) is 5.27. The summed E-state index contributed by atoms with van der Waals surface area (Å²) in [5.74, 6) is -1.24. The highest BCUT2D eigenvalue weighted by Gasteiger charge is 2.29. The molecule has 0 atom stereocenters. The molecule has 1 aliphatic rings. The third-order valence-electron chi connectivity index (χ3n) is 2.98. The number of carboxylic acids is 1. The second-order valence-corrected chi connectivity index (χ2v) is 4.86. The number of aliphatic carboxylic acids is 1. The van der Waals surface area contributed by atoms with Gasteiger partial charge in [-0.05, 0) is 12.8 Å². The number of hydrogen-bond acceptors (Lipinski definition) is 4. The summed E-state index contributed by atoms with van der Waals surface area (Å²) in [5, 5.41) is 10.5. The lowest BCUT2D eigenvalue weighted by atomic mass is 10.2. The van der Waals surface area contributed by atoms with Gasteiger partial charge in [-0.1, -0.05) is 12.8 Å². The van der Waals surface area contributed by atoms with Gasteiger partial charge in [-0.15, -0.1) is 11.3 Å². The van der Waals surface area contributed by atoms with Crippen molar-refractivity contribution in [3.63, 3.8) is 0 Å². The van der Waals surface area contributed by atoms with E-state index in [4.69, 9.17) is 5.11 Å².